The second kappa shape index (κ2) is 6.67. The molecule has 6 nitrogen and oxygen atoms in total. The van der Waals surface area contributed by atoms with Gasteiger partial charge in [-0.15, -0.1) is 0 Å². The average molecular weight is 342 g/mol. The normalized spacial score (nSPS) is 10.6. The predicted octanol–water partition coefficient (Wildman–Crippen LogP) is 3.56. The van der Waals surface area contributed by atoms with E-state index in [2.05, 4.69) is 16.2 Å². The molecule has 4 rings (SSSR count). The molecule has 0 bridgehead atoms. The lowest BCUT2D eigenvalue weighted by atomic mass is 10.0. The predicted molar refractivity (Wildman–Crippen MR) is 95.1 cm³/mol. The number of aromatic nitrogens is 3. The Kier molecular flexibility index (Phi) is 4.06. The van der Waals surface area contributed by atoms with Gasteiger partial charge in [0.1, 0.15) is 12.3 Å². The Morgan fingerprint density at radius 2 is 1.85 bits per heavy atom. The van der Waals surface area contributed by atoms with E-state index in [-0.39, 0.29) is 6.61 Å². The number of aliphatic hydroxyl groups is 1. The minimum Gasteiger partial charge on any atom is -0.388 e. The van der Waals surface area contributed by atoms with Gasteiger partial charge >= 0.3 is 0 Å². The van der Waals surface area contributed by atoms with Crippen molar-refractivity contribution in [1.82, 2.24) is 14.7 Å². The van der Waals surface area contributed by atoms with Gasteiger partial charge in [0.15, 0.2) is 5.76 Å². The SMILES string of the molecule is N#Cc1ccc(-n2cnc(-c3c(-c4ccccc4)noc3CO)c2)cc1. The van der Waals surface area contributed by atoms with E-state index in [4.69, 9.17) is 9.78 Å². The van der Waals surface area contributed by atoms with Crippen LogP contribution in [0.5, 0.6) is 0 Å². The molecule has 4 aromatic rings. The smallest absolute Gasteiger partial charge is 0.172 e. The van der Waals surface area contributed by atoms with Crippen molar-refractivity contribution in [1.29, 1.82) is 5.26 Å². The van der Waals surface area contributed by atoms with Crippen molar-refractivity contribution in [2.24, 2.45) is 0 Å². The van der Waals surface area contributed by atoms with Crippen LogP contribution in [-0.2, 0) is 6.61 Å². The van der Waals surface area contributed by atoms with Gasteiger partial charge in [-0.1, -0.05) is 35.5 Å². The van der Waals surface area contributed by atoms with E-state index in [1.807, 2.05) is 53.2 Å². The quantitative estimate of drug-likeness (QED) is 0.613. The number of hydrogen-bond donors (Lipinski definition) is 1. The highest BCUT2D eigenvalue weighted by Gasteiger charge is 2.20. The van der Waals surface area contributed by atoms with Gasteiger partial charge in [0, 0.05) is 17.4 Å². The Hall–Kier alpha value is -3.69. The molecule has 126 valence electrons. The molecule has 0 unspecified atom stereocenters. The summed E-state index contributed by atoms with van der Waals surface area (Å²) in [5.74, 6) is 0.369. The summed E-state index contributed by atoms with van der Waals surface area (Å²) >= 11 is 0. The second-order valence-corrected chi connectivity index (χ2v) is 5.68. The Morgan fingerprint density at radius 3 is 2.54 bits per heavy atom. The molecule has 26 heavy (non-hydrogen) atoms. The summed E-state index contributed by atoms with van der Waals surface area (Å²) in [6.45, 7) is -0.265. The van der Waals surface area contributed by atoms with E-state index in [1.165, 1.54) is 0 Å². The maximum atomic E-state index is 9.62. The topological polar surface area (TPSA) is 87.9 Å². The number of nitriles is 1. The number of hydrogen-bond acceptors (Lipinski definition) is 5. The molecular formula is C20H14N4O2. The molecule has 1 N–H and O–H groups in total. The van der Waals surface area contributed by atoms with Gasteiger partial charge in [0.05, 0.1) is 29.2 Å². The van der Waals surface area contributed by atoms with E-state index >= 15 is 0 Å². The van der Waals surface area contributed by atoms with Crippen molar-refractivity contribution < 1.29 is 9.63 Å². The zero-order chi connectivity index (χ0) is 17.9. The largest absolute Gasteiger partial charge is 0.388 e. The second-order valence-electron chi connectivity index (χ2n) is 5.68. The van der Waals surface area contributed by atoms with Crippen molar-refractivity contribution in [2.45, 2.75) is 6.61 Å². The number of rotatable bonds is 4. The van der Waals surface area contributed by atoms with Gasteiger partial charge in [0.2, 0.25) is 0 Å². The van der Waals surface area contributed by atoms with Crippen LogP contribution in [0.1, 0.15) is 11.3 Å². The molecule has 0 aliphatic rings. The first-order valence-electron chi connectivity index (χ1n) is 8.00. The molecule has 0 atom stereocenters. The van der Waals surface area contributed by atoms with Crippen LogP contribution in [0.4, 0.5) is 0 Å². The highest BCUT2D eigenvalue weighted by molar-refractivity contribution is 5.80. The Balaban J connectivity index is 1.78. The van der Waals surface area contributed by atoms with Crippen LogP contribution in [0.2, 0.25) is 0 Å². The van der Waals surface area contributed by atoms with Crippen LogP contribution < -0.4 is 0 Å². The molecule has 6 heteroatoms. The highest BCUT2D eigenvalue weighted by atomic mass is 16.5. The summed E-state index contributed by atoms with van der Waals surface area (Å²) < 4.78 is 7.16. The van der Waals surface area contributed by atoms with E-state index in [0.717, 1.165) is 11.3 Å². The molecule has 0 aliphatic carbocycles. The molecule has 0 radical (unpaired) electrons. The first-order chi connectivity index (χ1) is 12.8. The van der Waals surface area contributed by atoms with Crippen LogP contribution in [0.25, 0.3) is 28.2 Å². The van der Waals surface area contributed by atoms with Gasteiger partial charge in [0.25, 0.3) is 0 Å². The summed E-state index contributed by atoms with van der Waals surface area (Å²) in [7, 11) is 0. The minimum absolute atomic E-state index is 0.265. The zero-order valence-corrected chi connectivity index (χ0v) is 13.7. The Labute approximate surface area is 149 Å². The number of nitrogens with zero attached hydrogens (tertiary/aromatic N) is 4. The maximum Gasteiger partial charge on any atom is 0.172 e. The van der Waals surface area contributed by atoms with Gasteiger partial charge < -0.3 is 14.2 Å². The van der Waals surface area contributed by atoms with E-state index < -0.39 is 0 Å². The first kappa shape index (κ1) is 15.8. The third-order valence-electron chi connectivity index (χ3n) is 4.09. The van der Waals surface area contributed by atoms with Crippen LogP contribution in [0, 0.1) is 11.3 Å². The highest BCUT2D eigenvalue weighted by Crippen LogP contribution is 2.34. The molecule has 2 aromatic heterocycles. The molecule has 2 aromatic carbocycles. The third-order valence-corrected chi connectivity index (χ3v) is 4.09. The van der Waals surface area contributed by atoms with Crippen molar-refractivity contribution in [2.75, 3.05) is 0 Å². The summed E-state index contributed by atoms with van der Waals surface area (Å²) in [4.78, 5) is 4.46. The number of imidazole rings is 1. The lowest BCUT2D eigenvalue weighted by molar-refractivity contribution is 0.230. The van der Waals surface area contributed by atoms with E-state index in [0.29, 0.717) is 28.3 Å². The van der Waals surface area contributed by atoms with Gasteiger partial charge in [-0.3, -0.25) is 0 Å². The molecule has 0 spiro atoms. The number of aliphatic hydroxyl groups excluding tert-OH is 1. The van der Waals surface area contributed by atoms with Gasteiger partial charge in [-0.05, 0) is 24.3 Å². The average Bonchev–Trinajstić information content (AvgIpc) is 3.35. The van der Waals surface area contributed by atoms with Crippen molar-refractivity contribution in [3.8, 4) is 34.3 Å². The maximum absolute atomic E-state index is 9.62. The standard InChI is InChI=1S/C20H14N4O2/c21-10-14-6-8-16(9-7-14)24-11-17(22-13-24)19-18(12-25)26-23-20(19)15-4-2-1-3-5-15/h1-9,11,13,25H,12H2. The number of benzene rings is 2. The van der Waals surface area contributed by atoms with Crippen molar-refractivity contribution >= 4 is 0 Å². The third kappa shape index (κ3) is 2.77. The van der Waals surface area contributed by atoms with Crippen LogP contribution in [-0.4, -0.2) is 19.8 Å². The van der Waals surface area contributed by atoms with Crippen molar-refractivity contribution in [3.63, 3.8) is 0 Å². The lowest BCUT2D eigenvalue weighted by Crippen LogP contribution is -1.90. The van der Waals surface area contributed by atoms with Crippen molar-refractivity contribution in [3.05, 3.63) is 78.4 Å². The Morgan fingerprint density at radius 1 is 1.08 bits per heavy atom. The van der Waals surface area contributed by atoms with Gasteiger partial charge in [-0.25, -0.2) is 4.98 Å². The first-order valence-corrected chi connectivity index (χ1v) is 8.00. The lowest BCUT2D eigenvalue weighted by Gasteiger charge is -2.02. The summed E-state index contributed by atoms with van der Waals surface area (Å²) in [5, 5.41) is 22.7. The molecule has 0 fully saturated rings. The molecule has 2 heterocycles. The fraction of sp³-hybridized carbons (Fsp3) is 0.0500. The molecule has 0 amide bonds. The van der Waals surface area contributed by atoms with Gasteiger partial charge in [-0.2, -0.15) is 5.26 Å². The summed E-state index contributed by atoms with van der Waals surface area (Å²) in [6, 6.07) is 18.9. The fourth-order valence-corrected chi connectivity index (χ4v) is 2.79. The molecule has 0 saturated heterocycles. The molecule has 0 saturated carbocycles. The zero-order valence-electron chi connectivity index (χ0n) is 13.7. The minimum atomic E-state index is -0.265. The monoisotopic (exact) mass is 342 g/mol. The summed E-state index contributed by atoms with van der Waals surface area (Å²) in [5.41, 5.74) is 4.33. The molecular weight excluding hydrogens is 328 g/mol. The Bertz CT molecular complexity index is 1070. The molecule has 0 aliphatic heterocycles. The van der Waals surface area contributed by atoms with E-state index in [9.17, 15) is 5.11 Å². The van der Waals surface area contributed by atoms with Crippen LogP contribution >= 0.6 is 0 Å². The fourth-order valence-electron chi connectivity index (χ4n) is 2.79. The van der Waals surface area contributed by atoms with Crippen LogP contribution in [0.15, 0.2) is 71.6 Å². The summed E-state index contributed by atoms with van der Waals surface area (Å²) in [6.07, 6.45) is 3.53. The van der Waals surface area contributed by atoms with Crippen LogP contribution in [0.3, 0.4) is 0 Å². The van der Waals surface area contributed by atoms with E-state index in [1.54, 1.807) is 18.5 Å².